The predicted octanol–water partition coefficient (Wildman–Crippen LogP) is 0.523. The van der Waals surface area contributed by atoms with Gasteiger partial charge in [-0.05, 0) is 18.8 Å². The summed E-state index contributed by atoms with van der Waals surface area (Å²) in [7, 11) is -3.14. The van der Waals surface area contributed by atoms with Crippen LogP contribution in [0.5, 0.6) is 0 Å². The molecule has 11 heavy (non-hydrogen) atoms. The molecule has 1 rings (SSSR count). The summed E-state index contributed by atoms with van der Waals surface area (Å²) in [5, 5.41) is 9.37. The van der Waals surface area contributed by atoms with E-state index in [1.807, 2.05) is 0 Å². The van der Waals surface area contributed by atoms with E-state index in [1.54, 1.807) is 0 Å². The molecule has 0 bridgehead atoms. The number of hydrogen-bond acceptors (Lipinski definition) is 3. The Bertz CT molecular complexity index is 232. The Kier molecular flexibility index (Phi) is 2.61. The third kappa shape index (κ3) is 2.42. The van der Waals surface area contributed by atoms with E-state index in [2.05, 4.69) is 15.9 Å². The van der Waals surface area contributed by atoms with Crippen molar-refractivity contribution in [2.24, 2.45) is 5.92 Å². The molecule has 1 fully saturated rings. The topological polar surface area (TPSA) is 54.4 Å². The minimum absolute atomic E-state index is 0.189. The van der Waals surface area contributed by atoms with Crippen molar-refractivity contribution >= 4 is 25.8 Å². The molecule has 2 atom stereocenters. The third-order valence-electron chi connectivity index (χ3n) is 1.78. The van der Waals surface area contributed by atoms with Crippen LogP contribution in [0.1, 0.15) is 12.8 Å². The SMILES string of the molecule is CS(=O)(=O)[C@H](Br)[C@H](O)C1CC1. The Labute approximate surface area is 74.8 Å². The highest BCUT2D eigenvalue weighted by Gasteiger charge is 2.38. The molecule has 66 valence electrons. The standard InChI is InChI=1S/C6H11BrO3S/c1-11(9,10)6(7)5(8)4-2-3-4/h4-6,8H,2-3H2,1H3/t5-,6+/m1/s1. The molecule has 1 N–H and O–H groups in total. The van der Waals surface area contributed by atoms with Gasteiger partial charge in [0.05, 0.1) is 6.10 Å². The van der Waals surface area contributed by atoms with Crippen molar-refractivity contribution in [1.29, 1.82) is 0 Å². The number of alkyl halides is 1. The highest BCUT2D eigenvalue weighted by Crippen LogP contribution is 2.36. The van der Waals surface area contributed by atoms with Gasteiger partial charge >= 0.3 is 0 Å². The average molecular weight is 243 g/mol. The molecule has 0 aromatic rings. The van der Waals surface area contributed by atoms with E-state index < -0.39 is 20.1 Å². The summed E-state index contributed by atoms with van der Waals surface area (Å²) in [6.07, 6.45) is 2.28. The lowest BCUT2D eigenvalue weighted by Crippen LogP contribution is -2.29. The Balaban J connectivity index is 2.59. The molecule has 0 radical (unpaired) electrons. The summed E-state index contributed by atoms with van der Waals surface area (Å²) in [5.74, 6) is 0.189. The Morgan fingerprint density at radius 1 is 1.55 bits per heavy atom. The molecule has 1 aliphatic carbocycles. The fourth-order valence-electron chi connectivity index (χ4n) is 0.905. The first-order chi connectivity index (χ1) is 4.93. The molecule has 0 aromatic heterocycles. The molecule has 5 heteroatoms. The average Bonchev–Trinajstić information content (AvgIpc) is 2.63. The summed E-state index contributed by atoms with van der Waals surface area (Å²) < 4.78 is 21.0. The van der Waals surface area contributed by atoms with Crippen molar-refractivity contribution in [3.05, 3.63) is 0 Å². The van der Waals surface area contributed by atoms with E-state index in [1.165, 1.54) is 0 Å². The first-order valence-corrected chi connectivity index (χ1v) is 6.31. The van der Waals surface area contributed by atoms with E-state index in [9.17, 15) is 13.5 Å². The van der Waals surface area contributed by atoms with Crippen LogP contribution in [-0.4, -0.2) is 30.0 Å². The maximum absolute atomic E-state index is 10.9. The summed E-state index contributed by atoms with van der Waals surface area (Å²) in [4.78, 5) is 0. The first-order valence-electron chi connectivity index (χ1n) is 3.44. The van der Waals surface area contributed by atoms with Crippen LogP contribution in [-0.2, 0) is 9.84 Å². The Morgan fingerprint density at radius 3 is 2.27 bits per heavy atom. The smallest absolute Gasteiger partial charge is 0.162 e. The van der Waals surface area contributed by atoms with Crippen molar-refractivity contribution in [1.82, 2.24) is 0 Å². The van der Waals surface area contributed by atoms with Gasteiger partial charge in [-0.1, -0.05) is 15.9 Å². The predicted molar refractivity (Wildman–Crippen MR) is 46.3 cm³/mol. The van der Waals surface area contributed by atoms with Gasteiger partial charge in [0.25, 0.3) is 0 Å². The number of halogens is 1. The van der Waals surface area contributed by atoms with Gasteiger partial charge in [-0.25, -0.2) is 8.42 Å². The van der Waals surface area contributed by atoms with Crippen LogP contribution >= 0.6 is 15.9 Å². The van der Waals surface area contributed by atoms with E-state index >= 15 is 0 Å². The van der Waals surface area contributed by atoms with Crippen LogP contribution in [0.15, 0.2) is 0 Å². The minimum Gasteiger partial charge on any atom is -0.391 e. The summed E-state index contributed by atoms with van der Waals surface area (Å²) in [5.41, 5.74) is 0. The minimum atomic E-state index is -3.14. The maximum atomic E-state index is 10.9. The van der Waals surface area contributed by atoms with Gasteiger partial charge in [-0.3, -0.25) is 0 Å². The molecular formula is C6H11BrO3S. The molecule has 1 saturated carbocycles. The van der Waals surface area contributed by atoms with E-state index in [-0.39, 0.29) is 5.92 Å². The molecule has 0 saturated heterocycles. The summed E-state index contributed by atoms with van der Waals surface area (Å²) >= 11 is 2.97. The van der Waals surface area contributed by atoms with Crippen LogP contribution in [0.4, 0.5) is 0 Å². The fraction of sp³-hybridized carbons (Fsp3) is 1.00. The molecule has 1 aliphatic rings. The number of sulfone groups is 1. The number of aliphatic hydroxyl groups excluding tert-OH is 1. The van der Waals surface area contributed by atoms with Crippen molar-refractivity contribution in [2.45, 2.75) is 23.1 Å². The molecule has 0 heterocycles. The molecule has 0 aliphatic heterocycles. The lowest BCUT2D eigenvalue weighted by atomic mass is 10.3. The maximum Gasteiger partial charge on any atom is 0.162 e. The van der Waals surface area contributed by atoms with E-state index in [4.69, 9.17) is 0 Å². The summed E-state index contributed by atoms with van der Waals surface area (Å²) in [6, 6.07) is 0. The van der Waals surface area contributed by atoms with Crippen LogP contribution in [0.2, 0.25) is 0 Å². The number of aliphatic hydroxyl groups is 1. The lowest BCUT2D eigenvalue weighted by Gasteiger charge is -2.13. The highest BCUT2D eigenvalue weighted by atomic mass is 79.9. The molecule has 0 aromatic carbocycles. The lowest BCUT2D eigenvalue weighted by molar-refractivity contribution is 0.167. The molecule has 0 amide bonds. The van der Waals surface area contributed by atoms with Crippen molar-refractivity contribution in [2.75, 3.05) is 6.26 Å². The van der Waals surface area contributed by atoms with Gasteiger partial charge in [-0.2, -0.15) is 0 Å². The Hall–Kier alpha value is 0.390. The fourth-order valence-corrected chi connectivity index (χ4v) is 2.07. The third-order valence-corrected chi connectivity index (χ3v) is 5.46. The second-order valence-corrected chi connectivity index (χ2v) is 6.77. The van der Waals surface area contributed by atoms with Crippen LogP contribution in [0.25, 0.3) is 0 Å². The second kappa shape index (κ2) is 3.03. The van der Waals surface area contributed by atoms with Crippen LogP contribution < -0.4 is 0 Å². The van der Waals surface area contributed by atoms with Gasteiger partial charge in [-0.15, -0.1) is 0 Å². The monoisotopic (exact) mass is 242 g/mol. The van der Waals surface area contributed by atoms with Gasteiger partial charge < -0.3 is 5.11 Å². The quantitative estimate of drug-likeness (QED) is 0.735. The normalized spacial score (nSPS) is 24.6. The largest absolute Gasteiger partial charge is 0.391 e. The molecule has 0 unspecified atom stereocenters. The zero-order valence-corrected chi connectivity index (χ0v) is 8.60. The molecule has 3 nitrogen and oxygen atoms in total. The number of hydrogen-bond donors (Lipinski definition) is 1. The van der Waals surface area contributed by atoms with Gasteiger partial charge in [0.1, 0.15) is 4.16 Å². The number of rotatable bonds is 3. The van der Waals surface area contributed by atoms with Gasteiger partial charge in [0.2, 0.25) is 0 Å². The van der Waals surface area contributed by atoms with E-state index in [0.29, 0.717) is 0 Å². The van der Waals surface area contributed by atoms with E-state index in [0.717, 1.165) is 19.1 Å². The zero-order chi connectivity index (χ0) is 8.65. The molecular weight excluding hydrogens is 232 g/mol. The van der Waals surface area contributed by atoms with Crippen molar-refractivity contribution in [3.8, 4) is 0 Å². The van der Waals surface area contributed by atoms with Gasteiger partial charge in [0, 0.05) is 6.26 Å². The van der Waals surface area contributed by atoms with Crippen molar-refractivity contribution in [3.63, 3.8) is 0 Å². The Morgan fingerprint density at radius 2 is 2.00 bits per heavy atom. The summed E-state index contributed by atoms with van der Waals surface area (Å²) in [6.45, 7) is 0. The van der Waals surface area contributed by atoms with Crippen LogP contribution in [0.3, 0.4) is 0 Å². The first kappa shape index (κ1) is 9.48. The molecule has 0 spiro atoms. The van der Waals surface area contributed by atoms with Crippen LogP contribution in [0, 0.1) is 5.92 Å². The highest BCUT2D eigenvalue weighted by molar-refractivity contribution is 9.11. The second-order valence-electron chi connectivity index (χ2n) is 3.01. The van der Waals surface area contributed by atoms with Crippen molar-refractivity contribution < 1.29 is 13.5 Å². The van der Waals surface area contributed by atoms with Gasteiger partial charge in [0.15, 0.2) is 9.84 Å². The zero-order valence-electron chi connectivity index (χ0n) is 6.20.